The Hall–Kier alpha value is -4.10. The van der Waals surface area contributed by atoms with Gasteiger partial charge in [0.05, 0.1) is 11.1 Å². The van der Waals surface area contributed by atoms with Crippen molar-refractivity contribution in [2.45, 2.75) is 62.6 Å². The first kappa shape index (κ1) is 28.4. The Morgan fingerprint density at radius 2 is 1.40 bits per heavy atom. The number of benzene rings is 3. The van der Waals surface area contributed by atoms with Gasteiger partial charge in [0.25, 0.3) is 0 Å². The van der Waals surface area contributed by atoms with Gasteiger partial charge in [0.15, 0.2) is 5.60 Å². The number of anilines is 2. The quantitative estimate of drug-likeness (QED) is 0.223. The highest BCUT2D eigenvalue weighted by Crippen LogP contribution is 2.53. The zero-order valence-electron chi connectivity index (χ0n) is 25.9. The highest BCUT2D eigenvalue weighted by atomic mass is 28.3. The van der Waals surface area contributed by atoms with E-state index in [0.717, 1.165) is 63.0 Å². The molecule has 5 aliphatic rings. The third-order valence-electron chi connectivity index (χ3n) is 11.2. The van der Waals surface area contributed by atoms with Crippen LogP contribution in [0.1, 0.15) is 80.6 Å². The minimum Gasteiger partial charge on any atom is -0.478 e. The second-order valence-electron chi connectivity index (χ2n) is 13.5. The van der Waals surface area contributed by atoms with Gasteiger partial charge in [0, 0.05) is 54.2 Å². The van der Waals surface area contributed by atoms with Crippen LogP contribution in [0.25, 0.3) is 0 Å². The maximum absolute atomic E-state index is 13.9. The van der Waals surface area contributed by atoms with E-state index in [0.29, 0.717) is 11.1 Å². The first-order valence-electron chi connectivity index (χ1n) is 16.6. The summed E-state index contributed by atoms with van der Waals surface area (Å²) in [5.41, 5.74) is 7.42. The minimum atomic E-state index is -2.32. The van der Waals surface area contributed by atoms with Crippen LogP contribution in [0.3, 0.4) is 0 Å². The maximum Gasteiger partial charge on any atom is 0.340 e. The third kappa shape index (κ3) is 3.99. The lowest BCUT2D eigenvalue weighted by molar-refractivity contribution is 0.0254. The van der Waals surface area contributed by atoms with Gasteiger partial charge in [-0.25, -0.2) is 9.59 Å². The van der Waals surface area contributed by atoms with Crippen LogP contribution in [0.2, 0.25) is 12.1 Å². The lowest BCUT2D eigenvalue weighted by Gasteiger charge is -2.50. The van der Waals surface area contributed by atoms with Gasteiger partial charge in [-0.2, -0.15) is 0 Å². The molecule has 0 aliphatic carbocycles. The number of hydrogen-bond acceptors (Lipinski definition) is 5. The smallest absolute Gasteiger partial charge is 0.340 e. The highest BCUT2D eigenvalue weighted by molar-refractivity contribution is 7.03. The van der Waals surface area contributed by atoms with Crippen molar-refractivity contribution in [2.24, 2.45) is 0 Å². The summed E-state index contributed by atoms with van der Waals surface area (Å²) in [5.74, 6) is -1.38. The number of rotatable bonds is 5. The molecular formula is C38H40N2O4Si. The van der Waals surface area contributed by atoms with Crippen LogP contribution in [0.15, 0.2) is 67.8 Å². The summed E-state index contributed by atoms with van der Waals surface area (Å²) in [6.45, 7) is 11.7. The molecule has 1 N–H and O–H groups in total. The average Bonchev–Trinajstić information content (AvgIpc) is 3.36. The van der Waals surface area contributed by atoms with Crippen molar-refractivity contribution >= 4 is 41.8 Å². The van der Waals surface area contributed by atoms with Crippen LogP contribution in [0, 0.1) is 0 Å². The molecule has 0 amide bonds. The molecule has 3 aromatic carbocycles. The van der Waals surface area contributed by atoms with Crippen molar-refractivity contribution in [1.82, 2.24) is 0 Å². The van der Waals surface area contributed by atoms with Gasteiger partial charge < -0.3 is 19.6 Å². The predicted molar refractivity (Wildman–Crippen MR) is 182 cm³/mol. The molecule has 45 heavy (non-hydrogen) atoms. The summed E-state index contributed by atoms with van der Waals surface area (Å²) in [7, 11) is -2.32. The van der Waals surface area contributed by atoms with E-state index in [2.05, 4.69) is 47.2 Å². The standard InChI is InChI=1S/C38H40N2O4Si/c1-3-14-39-16-8-10-25-20-30-34(23-32(25)39)45(18-6-5-7-19-45)35-24-33-26(11-9-17-40(33)15-4-2)21-31(35)38(30)29-22-27(36(41)42)12-13-28(29)37(43)44-38/h3-4,12-13,20-24H,1-2,5-11,14-19H2,(H,41,42). The van der Waals surface area contributed by atoms with Crippen molar-refractivity contribution in [3.8, 4) is 0 Å². The number of fused-ring (bicyclic) bond motifs is 10. The molecule has 5 heterocycles. The zero-order chi connectivity index (χ0) is 30.9. The van der Waals surface area contributed by atoms with Crippen LogP contribution in [0.4, 0.5) is 11.4 Å². The van der Waals surface area contributed by atoms with E-state index in [1.807, 2.05) is 12.2 Å². The van der Waals surface area contributed by atoms with Gasteiger partial charge in [0.2, 0.25) is 0 Å². The summed E-state index contributed by atoms with van der Waals surface area (Å²) < 4.78 is 6.74. The van der Waals surface area contributed by atoms with Gasteiger partial charge >= 0.3 is 11.9 Å². The van der Waals surface area contributed by atoms with Crippen molar-refractivity contribution in [2.75, 3.05) is 36.0 Å². The Labute approximate surface area is 266 Å². The van der Waals surface area contributed by atoms with E-state index in [1.54, 1.807) is 12.1 Å². The Bertz CT molecular complexity index is 1710. The lowest BCUT2D eigenvalue weighted by Crippen LogP contribution is -2.67. The summed E-state index contributed by atoms with van der Waals surface area (Å²) in [5, 5.41) is 12.8. The van der Waals surface area contributed by atoms with E-state index in [-0.39, 0.29) is 11.5 Å². The zero-order valence-corrected chi connectivity index (χ0v) is 26.9. The van der Waals surface area contributed by atoms with E-state index in [9.17, 15) is 14.7 Å². The number of aryl methyl sites for hydroxylation is 2. The van der Waals surface area contributed by atoms with Gasteiger partial charge in [-0.05, 0) is 102 Å². The predicted octanol–water partition coefficient (Wildman–Crippen LogP) is 5.78. The molecule has 5 aliphatic heterocycles. The van der Waals surface area contributed by atoms with Crippen molar-refractivity contribution in [1.29, 1.82) is 0 Å². The Morgan fingerprint density at radius 3 is 1.93 bits per heavy atom. The second-order valence-corrected chi connectivity index (χ2v) is 17.8. The van der Waals surface area contributed by atoms with E-state index >= 15 is 0 Å². The molecule has 0 saturated carbocycles. The van der Waals surface area contributed by atoms with Gasteiger partial charge in [0.1, 0.15) is 8.07 Å². The van der Waals surface area contributed by atoms with Crippen molar-refractivity contribution < 1.29 is 19.4 Å². The van der Waals surface area contributed by atoms with Crippen LogP contribution >= 0.6 is 0 Å². The SMILES string of the molecule is C=CCN1CCCc2cc3c(cc21)[Si]1(CCCCC1)c1cc2c(cc1C31OC(=O)c3ccc(C(=O)O)cc31)CCCN2CC=C. The number of carbonyl (C=O) groups is 2. The Morgan fingerprint density at radius 1 is 0.822 bits per heavy atom. The van der Waals surface area contributed by atoms with Crippen LogP contribution in [-0.2, 0) is 23.2 Å². The molecule has 1 saturated heterocycles. The summed E-state index contributed by atoms with van der Waals surface area (Å²) in [4.78, 5) is 31.1. The lowest BCUT2D eigenvalue weighted by atomic mass is 9.76. The average molecular weight is 617 g/mol. The van der Waals surface area contributed by atoms with E-state index in [1.165, 1.54) is 70.3 Å². The largest absolute Gasteiger partial charge is 0.478 e. The summed E-state index contributed by atoms with van der Waals surface area (Å²) >= 11 is 0. The van der Waals surface area contributed by atoms with E-state index in [4.69, 9.17) is 4.74 Å². The van der Waals surface area contributed by atoms with Gasteiger partial charge in [-0.3, -0.25) is 0 Å². The number of ether oxygens (including phenoxy) is 1. The number of carboxylic acids is 1. The summed E-state index contributed by atoms with van der Waals surface area (Å²) in [6, 6.07) is 16.9. The fraction of sp³-hybridized carbons (Fsp3) is 0.368. The van der Waals surface area contributed by atoms with Crippen molar-refractivity contribution in [3.05, 3.63) is 107 Å². The molecule has 0 radical (unpaired) electrons. The molecule has 7 heteroatoms. The van der Waals surface area contributed by atoms with Crippen LogP contribution in [0.5, 0.6) is 0 Å². The first-order chi connectivity index (χ1) is 21.9. The minimum absolute atomic E-state index is 0.176. The molecule has 0 atom stereocenters. The molecule has 6 nitrogen and oxygen atoms in total. The van der Waals surface area contributed by atoms with Crippen LogP contribution in [-0.4, -0.2) is 51.3 Å². The van der Waals surface area contributed by atoms with Crippen molar-refractivity contribution in [3.63, 3.8) is 0 Å². The van der Waals surface area contributed by atoms with Gasteiger partial charge in [-0.15, -0.1) is 13.2 Å². The Balaban J connectivity index is 1.50. The molecule has 8 rings (SSSR count). The number of carbonyl (C=O) groups excluding carboxylic acids is 1. The summed E-state index contributed by atoms with van der Waals surface area (Å²) in [6.07, 6.45) is 11.6. The fourth-order valence-electron chi connectivity index (χ4n) is 9.26. The van der Waals surface area contributed by atoms with Gasteiger partial charge in [-0.1, -0.05) is 31.4 Å². The number of aromatic carboxylic acids is 1. The molecule has 230 valence electrons. The number of carboxylic acid groups (broad SMARTS) is 1. The molecule has 2 spiro atoms. The first-order valence-corrected chi connectivity index (χ1v) is 19.0. The third-order valence-corrected chi connectivity index (χ3v) is 16.5. The molecule has 1 fully saturated rings. The topological polar surface area (TPSA) is 70.1 Å². The molecule has 0 unspecified atom stereocenters. The molecule has 0 aromatic heterocycles. The monoisotopic (exact) mass is 616 g/mol. The van der Waals surface area contributed by atoms with Crippen LogP contribution < -0.4 is 20.2 Å². The normalized spacial score (nSPS) is 20.0. The van der Waals surface area contributed by atoms with E-state index < -0.39 is 19.6 Å². The fourth-order valence-corrected chi connectivity index (χ4v) is 14.9. The number of hydrogen-bond donors (Lipinski definition) is 1. The Kier molecular flexibility index (Phi) is 6.61. The second kappa shape index (κ2) is 10.5. The molecule has 0 bridgehead atoms. The molecule has 3 aromatic rings. The number of esters is 1. The molecular weight excluding hydrogens is 577 g/mol. The maximum atomic E-state index is 13.9. The highest BCUT2D eigenvalue weighted by Gasteiger charge is 2.59. The number of nitrogens with zero attached hydrogens (tertiary/aromatic N) is 2.